The van der Waals surface area contributed by atoms with Crippen molar-refractivity contribution >= 4 is 22.6 Å². The number of hydrogen-bond donors (Lipinski definition) is 1. The summed E-state index contributed by atoms with van der Waals surface area (Å²) in [7, 11) is 3.05. The maximum Gasteiger partial charge on any atom is 0.437 e. The Labute approximate surface area is 236 Å². The number of carbonyl (C=O) groups is 1. The van der Waals surface area contributed by atoms with Gasteiger partial charge < -0.3 is 24.3 Å². The number of ether oxygens (including phenoxy) is 4. The van der Waals surface area contributed by atoms with Crippen molar-refractivity contribution in [1.82, 2.24) is 29.7 Å². The third-order valence-corrected chi connectivity index (χ3v) is 5.77. The van der Waals surface area contributed by atoms with Gasteiger partial charge in [-0.2, -0.15) is 18.3 Å². The van der Waals surface area contributed by atoms with E-state index in [0.717, 1.165) is 23.3 Å². The van der Waals surface area contributed by atoms with Gasteiger partial charge in [0.05, 0.1) is 38.7 Å². The van der Waals surface area contributed by atoms with E-state index in [0.29, 0.717) is 33.9 Å². The van der Waals surface area contributed by atoms with E-state index in [9.17, 15) is 18.0 Å². The molecule has 0 atom stereocenters. The van der Waals surface area contributed by atoms with Crippen molar-refractivity contribution in [3.8, 4) is 34.6 Å². The summed E-state index contributed by atoms with van der Waals surface area (Å²) < 4.78 is 63.3. The maximum atomic E-state index is 13.5. The molecule has 0 aliphatic heterocycles. The van der Waals surface area contributed by atoms with E-state index in [-0.39, 0.29) is 23.9 Å². The van der Waals surface area contributed by atoms with E-state index >= 15 is 0 Å². The number of aromatic nitrogens is 6. The highest BCUT2D eigenvalue weighted by atomic mass is 19.4. The Hall–Kier alpha value is -5.47. The largest absolute Gasteiger partial charge is 0.493 e. The lowest BCUT2D eigenvalue weighted by atomic mass is 10.2. The van der Waals surface area contributed by atoms with Crippen LogP contribution in [0.25, 0.3) is 16.7 Å². The van der Waals surface area contributed by atoms with Crippen LogP contribution in [0.5, 0.6) is 28.7 Å². The average molecular weight is 582 g/mol. The second-order valence-electron chi connectivity index (χ2n) is 8.41. The first kappa shape index (κ1) is 28.1. The van der Waals surface area contributed by atoms with Crippen molar-refractivity contribution in [2.45, 2.75) is 13.1 Å². The second kappa shape index (κ2) is 11.6. The Morgan fingerprint density at radius 3 is 2.38 bits per heavy atom. The quantitative estimate of drug-likeness (QED) is 0.251. The summed E-state index contributed by atoms with van der Waals surface area (Å²) in [6.07, 6.45) is 1.31. The molecule has 0 aliphatic carbocycles. The lowest BCUT2D eigenvalue weighted by Crippen LogP contribution is -2.17. The number of methoxy groups -OCH3 is 2. The highest BCUT2D eigenvalue weighted by Gasteiger charge is 2.37. The molecule has 1 aromatic carbocycles. The molecule has 4 heterocycles. The van der Waals surface area contributed by atoms with Crippen molar-refractivity contribution in [2.75, 3.05) is 26.1 Å². The number of hydrogen-bond acceptors (Lipinski definition) is 10. The van der Waals surface area contributed by atoms with Gasteiger partial charge in [0.1, 0.15) is 17.3 Å². The molecule has 0 unspecified atom stereocenters. The molecule has 0 fully saturated rings. The Morgan fingerprint density at radius 1 is 0.929 bits per heavy atom. The van der Waals surface area contributed by atoms with E-state index in [1.165, 1.54) is 26.5 Å². The number of rotatable bonds is 9. The minimum absolute atomic E-state index is 0.0506. The summed E-state index contributed by atoms with van der Waals surface area (Å²) in [6.45, 7) is 1.78. The van der Waals surface area contributed by atoms with Gasteiger partial charge in [-0.15, -0.1) is 0 Å². The van der Waals surface area contributed by atoms with E-state index in [4.69, 9.17) is 18.9 Å². The molecule has 0 radical (unpaired) electrons. The molecule has 216 valence electrons. The van der Waals surface area contributed by atoms with Crippen molar-refractivity contribution < 1.29 is 36.9 Å². The van der Waals surface area contributed by atoms with Gasteiger partial charge in [-0.3, -0.25) is 9.78 Å². The molecule has 0 aliphatic rings. The summed E-state index contributed by atoms with van der Waals surface area (Å²) in [6, 6.07) is 8.21. The fraction of sp³-hybridized carbons (Fsp3) is 0.185. The Morgan fingerprint density at radius 2 is 1.69 bits per heavy atom. The van der Waals surface area contributed by atoms with Gasteiger partial charge in [0.25, 0.3) is 5.91 Å². The normalized spacial score (nSPS) is 11.3. The number of nitrogens with one attached hydrogen (secondary N) is 1. The van der Waals surface area contributed by atoms with E-state index in [1.807, 2.05) is 0 Å². The fourth-order valence-corrected chi connectivity index (χ4v) is 3.94. The number of pyridine rings is 2. The third-order valence-electron chi connectivity index (χ3n) is 5.77. The highest BCUT2D eigenvalue weighted by molar-refractivity contribution is 6.04. The molecule has 1 amide bonds. The van der Waals surface area contributed by atoms with E-state index in [1.54, 1.807) is 37.4 Å². The molecule has 12 nitrogen and oxygen atoms in total. The number of amides is 1. The summed E-state index contributed by atoms with van der Waals surface area (Å²) in [5.41, 5.74) is -0.917. The number of benzene rings is 1. The van der Waals surface area contributed by atoms with Crippen molar-refractivity contribution in [1.29, 1.82) is 0 Å². The van der Waals surface area contributed by atoms with Gasteiger partial charge in [-0.1, -0.05) is 0 Å². The van der Waals surface area contributed by atoms with Gasteiger partial charge in [-0.05, 0) is 31.2 Å². The molecular formula is C27H22F3N7O5. The van der Waals surface area contributed by atoms with Crippen LogP contribution < -0.4 is 24.3 Å². The smallest absolute Gasteiger partial charge is 0.437 e. The third kappa shape index (κ3) is 5.70. The van der Waals surface area contributed by atoms with Crippen LogP contribution >= 0.6 is 0 Å². The van der Waals surface area contributed by atoms with Crippen molar-refractivity contribution in [3.63, 3.8) is 0 Å². The SMILES string of the molecule is CCOc1cn(-c2nccnc2C(F)(F)F)nc1C(=O)Nc1ccc(Oc2ccnc3cc(OC)c(OC)cc23)cn1. The van der Waals surface area contributed by atoms with Crippen LogP contribution in [0.15, 0.2) is 61.3 Å². The monoisotopic (exact) mass is 581 g/mol. The van der Waals surface area contributed by atoms with Crippen LogP contribution in [0.3, 0.4) is 0 Å². The second-order valence-corrected chi connectivity index (χ2v) is 8.41. The van der Waals surface area contributed by atoms with Gasteiger partial charge in [-0.25, -0.2) is 19.6 Å². The predicted octanol–water partition coefficient (Wildman–Crippen LogP) is 5.08. The molecule has 1 N–H and O–H groups in total. The first-order chi connectivity index (χ1) is 20.2. The van der Waals surface area contributed by atoms with Crippen LogP contribution in [0.4, 0.5) is 19.0 Å². The molecule has 4 aromatic heterocycles. The Bertz CT molecular complexity index is 1740. The van der Waals surface area contributed by atoms with Crippen LogP contribution in [-0.4, -0.2) is 56.5 Å². The number of anilines is 1. The van der Waals surface area contributed by atoms with Crippen molar-refractivity contribution in [3.05, 3.63) is 72.7 Å². The van der Waals surface area contributed by atoms with Gasteiger partial charge in [0.2, 0.25) is 0 Å². The molecule has 5 rings (SSSR count). The minimum Gasteiger partial charge on any atom is -0.493 e. The summed E-state index contributed by atoms with van der Waals surface area (Å²) in [5, 5.41) is 7.22. The van der Waals surface area contributed by atoms with E-state index in [2.05, 4.69) is 30.4 Å². The lowest BCUT2D eigenvalue weighted by Gasteiger charge is -2.12. The van der Waals surface area contributed by atoms with E-state index < -0.39 is 23.6 Å². The van der Waals surface area contributed by atoms with Crippen LogP contribution in [0, 0.1) is 0 Å². The molecule has 0 saturated carbocycles. The number of nitrogens with zero attached hydrogens (tertiary/aromatic N) is 6. The lowest BCUT2D eigenvalue weighted by molar-refractivity contribution is -0.141. The van der Waals surface area contributed by atoms with Gasteiger partial charge >= 0.3 is 6.18 Å². The average Bonchev–Trinajstić information content (AvgIpc) is 3.41. The van der Waals surface area contributed by atoms with Crippen LogP contribution in [0.1, 0.15) is 23.1 Å². The first-order valence-electron chi connectivity index (χ1n) is 12.3. The summed E-state index contributed by atoms with van der Waals surface area (Å²) in [5.74, 6) is 0.566. The zero-order chi connectivity index (χ0) is 29.9. The van der Waals surface area contributed by atoms with Crippen molar-refractivity contribution in [2.24, 2.45) is 0 Å². The Balaban J connectivity index is 1.37. The van der Waals surface area contributed by atoms with Crippen LogP contribution in [-0.2, 0) is 6.18 Å². The van der Waals surface area contributed by atoms with Gasteiger partial charge in [0.15, 0.2) is 34.5 Å². The summed E-state index contributed by atoms with van der Waals surface area (Å²) >= 11 is 0. The standard InChI is InChI=1S/C27H22F3N7O5/c1-4-41-21-14-37(25-24(27(28,29)30)32-9-10-33-25)36-23(21)26(38)35-22-6-5-15(13-34-22)42-18-7-8-31-17-12-20(40-3)19(39-2)11-16(17)18/h5-14H,4H2,1-3H3,(H,34,35,38). The molecule has 42 heavy (non-hydrogen) atoms. The fourth-order valence-electron chi connectivity index (χ4n) is 3.94. The predicted molar refractivity (Wildman–Crippen MR) is 142 cm³/mol. The number of fused-ring (bicyclic) bond motifs is 1. The molecular weight excluding hydrogens is 559 g/mol. The van der Waals surface area contributed by atoms with Gasteiger partial charge in [0, 0.05) is 30.0 Å². The topological polar surface area (TPSA) is 135 Å². The number of carbonyl (C=O) groups excluding carboxylic acids is 1. The first-order valence-corrected chi connectivity index (χ1v) is 12.3. The molecule has 15 heteroatoms. The molecule has 0 spiro atoms. The highest BCUT2D eigenvalue weighted by Crippen LogP contribution is 2.37. The number of halogens is 3. The van der Waals surface area contributed by atoms with Crippen LogP contribution in [0.2, 0.25) is 0 Å². The minimum atomic E-state index is -4.79. The zero-order valence-electron chi connectivity index (χ0n) is 22.3. The Kier molecular flexibility index (Phi) is 7.73. The zero-order valence-corrected chi connectivity index (χ0v) is 22.3. The molecule has 0 bridgehead atoms. The summed E-state index contributed by atoms with van der Waals surface area (Å²) in [4.78, 5) is 28.7. The maximum absolute atomic E-state index is 13.5. The number of alkyl halides is 3. The molecule has 5 aromatic rings. The molecule has 0 saturated heterocycles.